The van der Waals surface area contributed by atoms with Crippen molar-refractivity contribution in [3.8, 4) is 0 Å². The molecule has 0 bridgehead atoms. The second-order valence-electron chi connectivity index (χ2n) is 4.32. The normalized spacial score (nSPS) is 11.8. The molecule has 0 aliphatic rings. The molecule has 0 aliphatic heterocycles. The Morgan fingerprint density at radius 2 is 1.00 bits per heavy atom. The molecule has 0 heterocycles. The summed E-state index contributed by atoms with van der Waals surface area (Å²) in [4.78, 5) is 0. The summed E-state index contributed by atoms with van der Waals surface area (Å²) in [7, 11) is 0. The highest BCUT2D eigenvalue weighted by molar-refractivity contribution is 5.49. The number of hydrogen-bond donors (Lipinski definition) is 1. The highest BCUT2D eigenvalue weighted by atomic mass is 19.2. The molecule has 0 atom stereocenters. The SMILES string of the molecule is CC(C)(C)Nc1c(F)c(F)c(F)c(F)c1F. The maximum absolute atomic E-state index is 13.1. The zero-order chi connectivity index (χ0) is 12.7. The average Bonchev–Trinajstić information content (AvgIpc) is 2.17. The van der Waals surface area contributed by atoms with Gasteiger partial charge < -0.3 is 5.32 Å². The van der Waals surface area contributed by atoms with Gasteiger partial charge in [0.2, 0.25) is 5.82 Å². The Hall–Kier alpha value is -1.33. The van der Waals surface area contributed by atoms with Gasteiger partial charge in [0.25, 0.3) is 0 Å². The lowest BCUT2D eigenvalue weighted by Gasteiger charge is -2.23. The van der Waals surface area contributed by atoms with Gasteiger partial charge in [0, 0.05) is 5.54 Å². The van der Waals surface area contributed by atoms with E-state index in [2.05, 4.69) is 5.32 Å². The number of halogens is 5. The van der Waals surface area contributed by atoms with Gasteiger partial charge >= 0.3 is 0 Å². The summed E-state index contributed by atoms with van der Waals surface area (Å²) >= 11 is 0. The first-order valence-electron chi connectivity index (χ1n) is 4.44. The van der Waals surface area contributed by atoms with Gasteiger partial charge in [0.15, 0.2) is 23.3 Å². The molecular weight excluding hydrogens is 229 g/mol. The minimum absolute atomic E-state index is 0.821. The Morgan fingerprint density at radius 1 is 0.688 bits per heavy atom. The van der Waals surface area contributed by atoms with Gasteiger partial charge in [-0.2, -0.15) is 0 Å². The fourth-order valence-electron chi connectivity index (χ4n) is 1.09. The van der Waals surface area contributed by atoms with Crippen molar-refractivity contribution in [1.29, 1.82) is 0 Å². The summed E-state index contributed by atoms with van der Waals surface area (Å²) in [5.74, 6) is -9.77. The largest absolute Gasteiger partial charge is 0.376 e. The van der Waals surface area contributed by atoms with Crippen molar-refractivity contribution in [3.05, 3.63) is 29.1 Å². The molecule has 1 nitrogen and oxygen atoms in total. The zero-order valence-electron chi connectivity index (χ0n) is 8.89. The maximum atomic E-state index is 13.1. The third kappa shape index (κ3) is 2.25. The Kier molecular flexibility index (Phi) is 3.12. The predicted molar refractivity (Wildman–Crippen MR) is 49.6 cm³/mol. The van der Waals surface area contributed by atoms with E-state index in [1.54, 1.807) is 0 Å². The summed E-state index contributed by atoms with van der Waals surface area (Å²) in [6.45, 7) is 4.60. The molecule has 1 rings (SSSR count). The summed E-state index contributed by atoms with van der Waals surface area (Å²) < 4.78 is 64.5. The lowest BCUT2D eigenvalue weighted by Crippen LogP contribution is -2.28. The van der Waals surface area contributed by atoms with Crippen LogP contribution < -0.4 is 5.32 Å². The van der Waals surface area contributed by atoms with Crippen LogP contribution in [0.2, 0.25) is 0 Å². The Morgan fingerprint density at radius 3 is 1.31 bits per heavy atom. The van der Waals surface area contributed by atoms with E-state index < -0.39 is 40.3 Å². The van der Waals surface area contributed by atoms with E-state index in [9.17, 15) is 22.0 Å². The van der Waals surface area contributed by atoms with Crippen LogP contribution in [0, 0.1) is 29.1 Å². The van der Waals surface area contributed by atoms with Gasteiger partial charge in [0.1, 0.15) is 5.69 Å². The van der Waals surface area contributed by atoms with Crippen LogP contribution in [-0.4, -0.2) is 5.54 Å². The molecule has 90 valence electrons. The van der Waals surface area contributed by atoms with E-state index in [1.807, 2.05) is 0 Å². The Labute approximate surface area is 89.3 Å². The van der Waals surface area contributed by atoms with Crippen molar-refractivity contribution in [3.63, 3.8) is 0 Å². The highest BCUT2D eigenvalue weighted by Crippen LogP contribution is 2.28. The van der Waals surface area contributed by atoms with Gasteiger partial charge in [-0.05, 0) is 20.8 Å². The smallest absolute Gasteiger partial charge is 0.200 e. The van der Waals surface area contributed by atoms with Crippen LogP contribution in [0.3, 0.4) is 0 Å². The second kappa shape index (κ2) is 3.92. The van der Waals surface area contributed by atoms with Crippen molar-refractivity contribution >= 4 is 5.69 Å². The van der Waals surface area contributed by atoms with Crippen LogP contribution in [0.25, 0.3) is 0 Å². The fourth-order valence-corrected chi connectivity index (χ4v) is 1.09. The van der Waals surface area contributed by atoms with Crippen LogP contribution in [-0.2, 0) is 0 Å². The quantitative estimate of drug-likeness (QED) is 0.448. The summed E-state index contributed by atoms with van der Waals surface area (Å²) in [6, 6.07) is 0. The first-order chi connectivity index (χ1) is 7.15. The standard InChI is InChI=1S/C10H10F5N/c1-10(2,3)16-9-7(14)5(12)4(11)6(13)8(9)15/h16H,1-3H3. The molecule has 0 unspecified atom stereocenters. The van der Waals surface area contributed by atoms with Crippen molar-refractivity contribution in [1.82, 2.24) is 0 Å². The minimum Gasteiger partial charge on any atom is -0.376 e. The molecule has 0 aliphatic carbocycles. The first kappa shape index (κ1) is 12.7. The fraction of sp³-hybridized carbons (Fsp3) is 0.400. The van der Waals surface area contributed by atoms with Gasteiger partial charge in [-0.25, -0.2) is 22.0 Å². The Bertz CT molecular complexity index is 393. The summed E-state index contributed by atoms with van der Waals surface area (Å²) in [6.07, 6.45) is 0. The molecule has 1 N–H and O–H groups in total. The lowest BCUT2D eigenvalue weighted by molar-refractivity contribution is 0.379. The maximum Gasteiger partial charge on any atom is 0.200 e. The third-order valence-electron chi connectivity index (χ3n) is 1.71. The molecule has 0 saturated heterocycles. The molecule has 1 aromatic carbocycles. The number of nitrogens with one attached hydrogen (secondary N) is 1. The minimum atomic E-state index is -2.16. The average molecular weight is 239 g/mol. The van der Waals surface area contributed by atoms with Crippen molar-refractivity contribution in [2.75, 3.05) is 5.32 Å². The van der Waals surface area contributed by atoms with Crippen LogP contribution >= 0.6 is 0 Å². The Balaban J connectivity index is 3.40. The van der Waals surface area contributed by atoms with Gasteiger partial charge in [-0.3, -0.25) is 0 Å². The molecular formula is C10H10F5N. The van der Waals surface area contributed by atoms with E-state index in [0.717, 1.165) is 0 Å². The molecule has 1 aromatic rings. The molecule has 6 heteroatoms. The first-order valence-corrected chi connectivity index (χ1v) is 4.44. The summed E-state index contributed by atoms with van der Waals surface area (Å²) in [5.41, 5.74) is -1.83. The van der Waals surface area contributed by atoms with Crippen LogP contribution in [0.1, 0.15) is 20.8 Å². The second-order valence-corrected chi connectivity index (χ2v) is 4.32. The monoisotopic (exact) mass is 239 g/mol. The zero-order valence-corrected chi connectivity index (χ0v) is 8.89. The van der Waals surface area contributed by atoms with Crippen LogP contribution in [0.4, 0.5) is 27.6 Å². The van der Waals surface area contributed by atoms with Crippen molar-refractivity contribution in [2.45, 2.75) is 26.3 Å². The number of hydrogen-bond acceptors (Lipinski definition) is 1. The number of anilines is 1. The van der Waals surface area contributed by atoms with E-state index in [4.69, 9.17) is 0 Å². The predicted octanol–water partition coefficient (Wildman–Crippen LogP) is 3.59. The van der Waals surface area contributed by atoms with E-state index in [1.165, 1.54) is 20.8 Å². The van der Waals surface area contributed by atoms with Crippen LogP contribution in [0.15, 0.2) is 0 Å². The topological polar surface area (TPSA) is 12.0 Å². The number of benzene rings is 1. The molecule has 0 saturated carbocycles. The van der Waals surface area contributed by atoms with Crippen molar-refractivity contribution < 1.29 is 22.0 Å². The third-order valence-corrected chi connectivity index (χ3v) is 1.71. The molecule has 0 spiro atoms. The molecule has 0 amide bonds. The van der Waals surface area contributed by atoms with Crippen molar-refractivity contribution in [2.24, 2.45) is 0 Å². The molecule has 0 radical (unpaired) electrons. The van der Waals surface area contributed by atoms with Crippen LogP contribution in [0.5, 0.6) is 0 Å². The van der Waals surface area contributed by atoms with E-state index in [-0.39, 0.29) is 0 Å². The van der Waals surface area contributed by atoms with E-state index >= 15 is 0 Å². The number of rotatable bonds is 1. The highest BCUT2D eigenvalue weighted by Gasteiger charge is 2.27. The van der Waals surface area contributed by atoms with E-state index in [0.29, 0.717) is 0 Å². The molecule has 16 heavy (non-hydrogen) atoms. The lowest BCUT2D eigenvalue weighted by atomic mass is 10.1. The summed E-state index contributed by atoms with van der Waals surface area (Å²) in [5, 5.41) is 2.23. The molecule has 0 fully saturated rings. The van der Waals surface area contributed by atoms with Gasteiger partial charge in [0.05, 0.1) is 0 Å². The van der Waals surface area contributed by atoms with Gasteiger partial charge in [-0.1, -0.05) is 0 Å². The van der Waals surface area contributed by atoms with Gasteiger partial charge in [-0.15, -0.1) is 0 Å². The molecule has 0 aromatic heterocycles.